The van der Waals surface area contributed by atoms with E-state index in [1.54, 1.807) is 0 Å². The topological polar surface area (TPSA) is 59.2 Å². The summed E-state index contributed by atoms with van der Waals surface area (Å²) in [4.78, 5) is 4.15. The molecule has 1 heterocycles. The van der Waals surface area contributed by atoms with Crippen LogP contribution in [0.5, 0.6) is 5.75 Å². The average molecular weight is 256 g/mol. The first-order valence-electron chi connectivity index (χ1n) is 5.62. The van der Waals surface area contributed by atoms with Crippen LogP contribution in [0.15, 0.2) is 53.1 Å². The van der Waals surface area contributed by atoms with Crippen molar-refractivity contribution in [3.8, 4) is 28.6 Å². The van der Waals surface area contributed by atoms with E-state index in [0.29, 0.717) is 5.82 Å². The van der Waals surface area contributed by atoms with Crippen LogP contribution in [0, 0.1) is 5.82 Å². The Morgan fingerprint density at radius 3 is 2.63 bits per heavy atom. The minimum Gasteiger partial charge on any atom is -0.507 e. The quantitative estimate of drug-likeness (QED) is 0.764. The van der Waals surface area contributed by atoms with E-state index in [1.807, 2.05) is 30.3 Å². The molecule has 0 saturated heterocycles. The molecule has 19 heavy (non-hydrogen) atoms. The van der Waals surface area contributed by atoms with Crippen LogP contribution in [-0.4, -0.2) is 15.2 Å². The molecule has 3 rings (SSSR count). The number of benzene rings is 2. The van der Waals surface area contributed by atoms with E-state index in [4.69, 9.17) is 4.52 Å². The average Bonchev–Trinajstić information content (AvgIpc) is 2.92. The second kappa shape index (κ2) is 4.53. The Bertz CT molecular complexity index is 710. The second-order valence-corrected chi connectivity index (χ2v) is 3.95. The zero-order valence-corrected chi connectivity index (χ0v) is 9.75. The maximum atomic E-state index is 13.2. The molecule has 1 aromatic heterocycles. The van der Waals surface area contributed by atoms with Crippen molar-refractivity contribution in [2.75, 3.05) is 0 Å². The van der Waals surface area contributed by atoms with Crippen LogP contribution in [0.1, 0.15) is 0 Å². The molecule has 0 atom stereocenters. The van der Waals surface area contributed by atoms with E-state index in [-0.39, 0.29) is 17.2 Å². The molecule has 5 heteroatoms. The normalized spacial score (nSPS) is 10.6. The number of rotatable bonds is 2. The Hall–Kier alpha value is -2.69. The van der Waals surface area contributed by atoms with E-state index < -0.39 is 5.82 Å². The molecule has 0 bridgehead atoms. The highest BCUT2D eigenvalue weighted by Gasteiger charge is 2.14. The molecule has 0 aliphatic carbocycles. The Balaban J connectivity index is 2.04. The third-order valence-corrected chi connectivity index (χ3v) is 2.65. The van der Waals surface area contributed by atoms with Crippen molar-refractivity contribution < 1.29 is 14.0 Å². The van der Waals surface area contributed by atoms with Crippen LogP contribution < -0.4 is 0 Å². The minimum absolute atomic E-state index is 0.0795. The lowest BCUT2D eigenvalue weighted by Gasteiger charge is -1.98. The maximum Gasteiger partial charge on any atom is 0.262 e. The SMILES string of the molecule is Oc1ccc(F)cc1-c1nc(-c2ccccc2)no1. The molecule has 3 aromatic rings. The van der Waals surface area contributed by atoms with Gasteiger partial charge in [-0.2, -0.15) is 4.98 Å². The van der Waals surface area contributed by atoms with Gasteiger partial charge in [0.2, 0.25) is 5.82 Å². The molecular formula is C14H9FN2O2. The van der Waals surface area contributed by atoms with Gasteiger partial charge in [0.1, 0.15) is 11.6 Å². The van der Waals surface area contributed by atoms with E-state index in [9.17, 15) is 9.50 Å². The number of aromatic nitrogens is 2. The fraction of sp³-hybridized carbons (Fsp3) is 0. The van der Waals surface area contributed by atoms with Crippen molar-refractivity contribution in [1.29, 1.82) is 0 Å². The fourth-order valence-electron chi connectivity index (χ4n) is 1.72. The molecule has 0 aliphatic heterocycles. The van der Waals surface area contributed by atoms with Crippen LogP contribution in [0.2, 0.25) is 0 Å². The number of aromatic hydroxyl groups is 1. The lowest BCUT2D eigenvalue weighted by Crippen LogP contribution is -1.83. The molecule has 0 amide bonds. The zero-order chi connectivity index (χ0) is 13.2. The maximum absolute atomic E-state index is 13.2. The molecule has 0 aliphatic rings. The van der Waals surface area contributed by atoms with E-state index in [1.165, 1.54) is 6.07 Å². The summed E-state index contributed by atoms with van der Waals surface area (Å²) < 4.78 is 18.2. The summed E-state index contributed by atoms with van der Waals surface area (Å²) in [5.74, 6) is -0.118. The smallest absolute Gasteiger partial charge is 0.262 e. The first-order valence-corrected chi connectivity index (χ1v) is 5.62. The highest BCUT2D eigenvalue weighted by Crippen LogP contribution is 2.29. The van der Waals surface area contributed by atoms with Crippen molar-refractivity contribution in [2.24, 2.45) is 0 Å². The van der Waals surface area contributed by atoms with Gasteiger partial charge in [-0.25, -0.2) is 4.39 Å². The summed E-state index contributed by atoms with van der Waals surface area (Å²) >= 11 is 0. The van der Waals surface area contributed by atoms with Gasteiger partial charge in [-0.15, -0.1) is 0 Å². The highest BCUT2D eigenvalue weighted by atomic mass is 19.1. The van der Waals surface area contributed by atoms with Gasteiger partial charge < -0.3 is 9.63 Å². The van der Waals surface area contributed by atoms with Crippen molar-refractivity contribution in [3.63, 3.8) is 0 Å². The molecule has 4 nitrogen and oxygen atoms in total. The summed E-state index contributed by atoms with van der Waals surface area (Å²) in [6.07, 6.45) is 0. The standard InChI is InChI=1S/C14H9FN2O2/c15-10-6-7-12(18)11(8-10)14-16-13(17-19-14)9-4-2-1-3-5-9/h1-8,18H. The number of hydrogen-bond acceptors (Lipinski definition) is 4. The van der Waals surface area contributed by atoms with Crippen LogP contribution in [0.4, 0.5) is 4.39 Å². The molecule has 0 saturated carbocycles. The molecule has 2 aromatic carbocycles. The lowest BCUT2D eigenvalue weighted by molar-refractivity contribution is 0.425. The van der Waals surface area contributed by atoms with Gasteiger partial charge in [0.05, 0.1) is 5.56 Å². The van der Waals surface area contributed by atoms with Crippen LogP contribution in [-0.2, 0) is 0 Å². The molecule has 0 fully saturated rings. The fourth-order valence-corrected chi connectivity index (χ4v) is 1.72. The first kappa shape index (κ1) is 11.4. The number of nitrogens with zero attached hydrogens (tertiary/aromatic N) is 2. The third kappa shape index (κ3) is 2.18. The zero-order valence-electron chi connectivity index (χ0n) is 9.75. The van der Waals surface area contributed by atoms with Gasteiger partial charge >= 0.3 is 0 Å². The third-order valence-electron chi connectivity index (χ3n) is 2.65. The summed E-state index contributed by atoms with van der Waals surface area (Å²) in [5, 5.41) is 13.5. The first-order chi connectivity index (χ1) is 9.24. The molecule has 0 radical (unpaired) electrons. The van der Waals surface area contributed by atoms with Gasteiger partial charge in [0.25, 0.3) is 5.89 Å². The van der Waals surface area contributed by atoms with Crippen molar-refractivity contribution in [1.82, 2.24) is 10.1 Å². The van der Waals surface area contributed by atoms with Crippen molar-refractivity contribution >= 4 is 0 Å². The monoisotopic (exact) mass is 256 g/mol. The molecule has 1 N–H and O–H groups in total. The van der Waals surface area contributed by atoms with Gasteiger partial charge in [-0.05, 0) is 18.2 Å². The van der Waals surface area contributed by atoms with Crippen LogP contribution in [0.25, 0.3) is 22.8 Å². The van der Waals surface area contributed by atoms with E-state index >= 15 is 0 Å². The Labute approximate surface area is 108 Å². The summed E-state index contributed by atoms with van der Waals surface area (Å²) in [6, 6.07) is 12.8. The van der Waals surface area contributed by atoms with Crippen LogP contribution in [0.3, 0.4) is 0 Å². The van der Waals surface area contributed by atoms with E-state index in [2.05, 4.69) is 10.1 Å². The molecular weight excluding hydrogens is 247 g/mol. The van der Waals surface area contributed by atoms with Crippen molar-refractivity contribution in [3.05, 3.63) is 54.3 Å². The Morgan fingerprint density at radius 2 is 1.84 bits per heavy atom. The summed E-state index contributed by atoms with van der Waals surface area (Å²) in [7, 11) is 0. The predicted molar refractivity (Wildman–Crippen MR) is 66.8 cm³/mol. The Kier molecular flexibility index (Phi) is 2.72. The molecule has 0 spiro atoms. The van der Waals surface area contributed by atoms with Crippen LogP contribution >= 0.6 is 0 Å². The number of phenolic OH excluding ortho intramolecular Hbond substituents is 1. The summed E-state index contributed by atoms with van der Waals surface area (Å²) in [6.45, 7) is 0. The molecule has 94 valence electrons. The van der Waals surface area contributed by atoms with Gasteiger partial charge in [0, 0.05) is 5.56 Å². The number of phenols is 1. The highest BCUT2D eigenvalue weighted by molar-refractivity contribution is 5.64. The van der Waals surface area contributed by atoms with Gasteiger partial charge in [-0.1, -0.05) is 35.5 Å². The largest absolute Gasteiger partial charge is 0.507 e. The second-order valence-electron chi connectivity index (χ2n) is 3.95. The lowest BCUT2D eigenvalue weighted by atomic mass is 10.2. The van der Waals surface area contributed by atoms with Crippen molar-refractivity contribution in [2.45, 2.75) is 0 Å². The minimum atomic E-state index is -0.479. The summed E-state index contributed by atoms with van der Waals surface area (Å²) in [5.41, 5.74) is 0.961. The predicted octanol–water partition coefficient (Wildman–Crippen LogP) is 3.25. The Morgan fingerprint density at radius 1 is 1.05 bits per heavy atom. The van der Waals surface area contributed by atoms with E-state index in [0.717, 1.165) is 17.7 Å². The molecule has 0 unspecified atom stereocenters. The number of hydrogen-bond donors (Lipinski definition) is 1. The van der Waals surface area contributed by atoms with Gasteiger partial charge in [0.15, 0.2) is 0 Å². The van der Waals surface area contributed by atoms with Gasteiger partial charge in [-0.3, -0.25) is 0 Å². The number of halogens is 1.